The van der Waals surface area contributed by atoms with E-state index < -0.39 is 29.7 Å². The minimum absolute atomic E-state index is 0.0176. The smallest absolute Gasteiger partial charge is 0.408 e. The van der Waals surface area contributed by atoms with Crippen molar-refractivity contribution in [2.75, 3.05) is 17.6 Å². The van der Waals surface area contributed by atoms with Crippen LogP contribution in [0.1, 0.15) is 54.6 Å². The maximum atomic E-state index is 14.0. The van der Waals surface area contributed by atoms with E-state index in [-0.39, 0.29) is 18.2 Å². The van der Waals surface area contributed by atoms with Gasteiger partial charge in [0.2, 0.25) is 5.91 Å². The molecular weight excluding hydrogens is 486 g/mol. The highest BCUT2D eigenvalue weighted by atomic mass is 32.1. The van der Waals surface area contributed by atoms with E-state index in [0.717, 1.165) is 27.8 Å². The van der Waals surface area contributed by atoms with Crippen LogP contribution in [0.4, 0.5) is 10.5 Å². The van der Waals surface area contributed by atoms with Crippen LogP contribution >= 0.6 is 12.6 Å². The van der Waals surface area contributed by atoms with Gasteiger partial charge in [0.05, 0.1) is 0 Å². The zero-order chi connectivity index (χ0) is 27.9. The Labute approximate surface area is 226 Å². The summed E-state index contributed by atoms with van der Waals surface area (Å²) in [5.41, 5.74) is 4.24. The predicted molar refractivity (Wildman–Crippen MR) is 152 cm³/mol. The van der Waals surface area contributed by atoms with Gasteiger partial charge in [-0.1, -0.05) is 42.5 Å². The SMILES string of the molecule is C=CCN(C(=O)C(CS)NC(=O)OC(C)(C)C)C(C(=O)Nc1c(C)cccc1C)c1c(C)cccc1C. The van der Waals surface area contributed by atoms with Gasteiger partial charge in [-0.25, -0.2) is 4.79 Å². The average Bonchev–Trinajstić information content (AvgIpc) is 2.79. The van der Waals surface area contributed by atoms with Gasteiger partial charge in [-0.3, -0.25) is 9.59 Å². The molecule has 2 atom stereocenters. The normalized spacial score (nSPS) is 12.8. The van der Waals surface area contributed by atoms with Crippen molar-refractivity contribution in [1.29, 1.82) is 0 Å². The zero-order valence-corrected chi connectivity index (χ0v) is 23.7. The van der Waals surface area contributed by atoms with Crippen molar-refractivity contribution in [3.8, 4) is 0 Å². The topological polar surface area (TPSA) is 87.7 Å². The summed E-state index contributed by atoms with van der Waals surface area (Å²) >= 11 is 4.31. The van der Waals surface area contributed by atoms with E-state index in [4.69, 9.17) is 4.74 Å². The second kappa shape index (κ2) is 12.8. The summed E-state index contributed by atoms with van der Waals surface area (Å²) in [7, 11) is 0. The summed E-state index contributed by atoms with van der Waals surface area (Å²) in [6, 6.07) is 9.51. The summed E-state index contributed by atoms with van der Waals surface area (Å²) in [5, 5.41) is 5.67. The molecule has 0 saturated carbocycles. The largest absolute Gasteiger partial charge is 0.444 e. The third-order valence-electron chi connectivity index (χ3n) is 5.89. The van der Waals surface area contributed by atoms with Crippen LogP contribution in [0.2, 0.25) is 0 Å². The van der Waals surface area contributed by atoms with Crippen molar-refractivity contribution in [2.45, 2.75) is 66.2 Å². The number of hydrogen-bond acceptors (Lipinski definition) is 5. The highest BCUT2D eigenvalue weighted by Gasteiger charge is 2.37. The number of anilines is 1. The Morgan fingerprint density at radius 1 is 1.00 bits per heavy atom. The van der Waals surface area contributed by atoms with Crippen LogP contribution in [0.15, 0.2) is 49.1 Å². The van der Waals surface area contributed by atoms with Crippen molar-refractivity contribution >= 4 is 36.2 Å². The number of rotatable bonds is 9. The van der Waals surface area contributed by atoms with Crippen molar-refractivity contribution in [3.05, 3.63) is 76.9 Å². The molecule has 0 bridgehead atoms. The third-order valence-corrected chi connectivity index (χ3v) is 6.25. The molecule has 7 nitrogen and oxygen atoms in total. The molecule has 8 heteroatoms. The van der Waals surface area contributed by atoms with Crippen LogP contribution < -0.4 is 10.6 Å². The number of nitrogens with one attached hydrogen (secondary N) is 2. The van der Waals surface area contributed by atoms with Crippen molar-refractivity contribution < 1.29 is 19.1 Å². The highest BCUT2D eigenvalue weighted by Crippen LogP contribution is 2.31. The van der Waals surface area contributed by atoms with E-state index in [0.29, 0.717) is 5.69 Å². The number of thiol groups is 1. The third kappa shape index (κ3) is 7.86. The van der Waals surface area contributed by atoms with Crippen molar-refractivity contribution in [2.24, 2.45) is 0 Å². The Morgan fingerprint density at radius 3 is 1.97 bits per heavy atom. The molecule has 0 spiro atoms. The molecule has 2 rings (SSSR count). The van der Waals surface area contributed by atoms with Gasteiger partial charge in [-0.2, -0.15) is 12.6 Å². The van der Waals surface area contributed by atoms with E-state index in [1.54, 1.807) is 26.8 Å². The van der Waals surface area contributed by atoms with Gasteiger partial charge >= 0.3 is 6.09 Å². The fraction of sp³-hybridized carbons (Fsp3) is 0.414. The van der Waals surface area contributed by atoms with Gasteiger partial charge < -0.3 is 20.3 Å². The molecule has 0 aliphatic carbocycles. The first-order valence-corrected chi connectivity index (χ1v) is 12.9. The van der Waals surface area contributed by atoms with Crippen molar-refractivity contribution in [3.63, 3.8) is 0 Å². The molecule has 2 unspecified atom stereocenters. The van der Waals surface area contributed by atoms with Crippen LogP contribution in [0, 0.1) is 27.7 Å². The van der Waals surface area contributed by atoms with Gasteiger partial charge in [0.1, 0.15) is 17.7 Å². The number of alkyl carbamates (subject to hydrolysis) is 1. The van der Waals surface area contributed by atoms with Gasteiger partial charge in [0, 0.05) is 18.0 Å². The molecule has 0 aliphatic rings. The first-order chi connectivity index (χ1) is 17.3. The van der Waals surface area contributed by atoms with Crippen molar-refractivity contribution in [1.82, 2.24) is 10.2 Å². The molecule has 0 fully saturated rings. The molecule has 37 heavy (non-hydrogen) atoms. The number of benzene rings is 2. The molecule has 0 aliphatic heterocycles. The number of carbonyl (C=O) groups is 3. The molecule has 0 radical (unpaired) electrons. The predicted octanol–water partition coefficient (Wildman–Crippen LogP) is 5.44. The van der Waals surface area contributed by atoms with Gasteiger partial charge in [-0.05, 0) is 76.3 Å². The quantitative estimate of drug-likeness (QED) is 0.301. The van der Waals surface area contributed by atoms with E-state index in [9.17, 15) is 14.4 Å². The summed E-state index contributed by atoms with van der Waals surface area (Å²) < 4.78 is 5.34. The van der Waals surface area contributed by atoms with Gasteiger partial charge in [-0.15, -0.1) is 6.58 Å². The van der Waals surface area contributed by atoms with Crippen LogP contribution in [-0.2, 0) is 14.3 Å². The number of nitrogens with zero attached hydrogens (tertiary/aromatic N) is 1. The molecule has 2 N–H and O–H groups in total. The maximum absolute atomic E-state index is 14.0. The Bertz CT molecular complexity index is 1120. The zero-order valence-electron chi connectivity index (χ0n) is 22.8. The number of para-hydroxylation sites is 1. The lowest BCUT2D eigenvalue weighted by atomic mass is 9.93. The average molecular weight is 526 g/mol. The fourth-order valence-electron chi connectivity index (χ4n) is 4.19. The van der Waals surface area contributed by atoms with E-state index >= 15 is 0 Å². The number of aryl methyl sites for hydroxylation is 4. The summed E-state index contributed by atoms with van der Waals surface area (Å²) in [6.07, 6.45) is 0.829. The number of carbonyl (C=O) groups excluding carboxylic acids is 3. The monoisotopic (exact) mass is 525 g/mol. The summed E-state index contributed by atoms with van der Waals surface area (Å²) in [6.45, 7) is 16.8. The standard InChI is InChI=1S/C29H39N3O4S/c1-9-16-32(27(34)22(17-37)30-28(35)36-29(6,7)8)25(23-18(2)12-10-13-19(23)3)26(33)31-24-20(4)14-11-15-21(24)5/h9-15,22,25,37H,1,16-17H2,2-8H3,(H,30,35)(H,31,33). The first kappa shape index (κ1) is 30.0. The molecule has 0 heterocycles. The number of amides is 3. The Balaban J connectivity index is 2.57. The Hall–Kier alpha value is -3.26. The van der Waals surface area contributed by atoms with Gasteiger partial charge in [0.25, 0.3) is 5.91 Å². The van der Waals surface area contributed by atoms with Crippen LogP contribution in [0.25, 0.3) is 0 Å². The first-order valence-electron chi connectivity index (χ1n) is 12.3. The van der Waals surface area contributed by atoms with E-state index in [2.05, 4.69) is 29.8 Å². The minimum Gasteiger partial charge on any atom is -0.444 e. The lowest BCUT2D eigenvalue weighted by molar-refractivity contribution is -0.139. The molecule has 3 amide bonds. The fourth-order valence-corrected chi connectivity index (χ4v) is 4.43. The summed E-state index contributed by atoms with van der Waals surface area (Å²) in [5.74, 6) is -0.811. The van der Waals surface area contributed by atoms with Crippen LogP contribution in [-0.4, -0.2) is 46.7 Å². The maximum Gasteiger partial charge on any atom is 0.408 e. The van der Waals surface area contributed by atoms with Crippen LogP contribution in [0.5, 0.6) is 0 Å². The minimum atomic E-state index is -1.02. The van der Waals surface area contributed by atoms with E-state index in [1.807, 2.05) is 64.1 Å². The van der Waals surface area contributed by atoms with E-state index in [1.165, 1.54) is 4.90 Å². The molecule has 200 valence electrons. The van der Waals surface area contributed by atoms with Gasteiger partial charge in [0.15, 0.2) is 0 Å². The summed E-state index contributed by atoms with van der Waals surface area (Å²) in [4.78, 5) is 41.8. The molecule has 0 aromatic heterocycles. The molecule has 0 saturated heterocycles. The second-order valence-electron chi connectivity index (χ2n) is 10.1. The molecular formula is C29H39N3O4S. The number of hydrogen-bond donors (Lipinski definition) is 3. The Morgan fingerprint density at radius 2 is 1.51 bits per heavy atom. The lowest BCUT2D eigenvalue weighted by Gasteiger charge is -2.35. The lowest BCUT2D eigenvalue weighted by Crippen LogP contribution is -2.53. The number of ether oxygens (including phenoxy) is 1. The molecule has 2 aromatic rings. The highest BCUT2D eigenvalue weighted by molar-refractivity contribution is 7.80. The second-order valence-corrected chi connectivity index (χ2v) is 10.5. The Kier molecular flexibility index (Phi) is 10.4. The molecule has 2 aromatic carbocycles. The van der Waals surface area contributed by atoms with Crippen LogP contribution in [0.3, 0.4) is 0 Å².